The van der Waals surface area contributed by atoms with E-state index in [1.807, 2.05) is 11.8 Å². The largest absolute Gasteiger partial charge is 0.359 e. The highest BCUT2D eigenvalue weighted by Crippen LogP contribution is 2.36. The lowest BCUT2D eigenvalue weighted by molar-refractivity contribution is 0.266. The number of nitrogens with zero attached hydrogens (tertiary/aromatic N) is 2. The molecular weight excluding hydrogens is 266 g/mol. The fourth-order valence-electron chi connectivity index (χ4n) is 3.78. The number of hydrogen-bond donors (Lipinski definition) is 1. The van der Waals surface area contributed by atoms with Crippen LogP contribution in [0, 0.1) is 5.92 Å². The Morgan fingerprint density at radius 2 is 2.15 bits per heavy atom. The summed E-state index contributed by atoms with van der Waals surface area (Å²) in [5, 5.41) is 4.99. The van der Waals surface area contributed by atoms with Gasteiger partial charge in [-0.2, -0.15) is 0 Å². The smallest absolute Gasteiger partial charge is 0.157 e. The second kappa shape index (κ2) is 6.27. The van der Waals surface area contributed by atoms with Gasteiger partial charge in [-0.1, -0.05) is 31.0 Å². The molecule has 3 aliphatic rings. The summed E-state index contributed by atoms with van der Waals surface area (Å²) in [7, 11) is 0. The predicted molar refractivity (Wildman–Crippen MR) is 88.5 cm³/mol. The van der Waals surface area contributed by atoms with Gasteiger partial charge in [0.25, 0.3) is 0 Å². The highest BCUT2D eigenvalue weighted by atomic mass is 32.2. The minimum absolute atomic E-state index is 0.404. The molecule has 2 heterocycles. The van der Waals surface area contributed by atoms with Crippen LogP contribution in [0.15, 0.2) is 4.99 Å². The molecule has 1 saturated carbocycles. The minimum atomic E-state index is 0.404. The van der Waals surface area contributed by atoms with E-state index in [2.05, 4.69) is 24.1 Å². The fraction of sp³-hybridized carbons (Fsp3) is 0.938. The molecule has 1 unspecified atom stereocenters. The monoisotopic (exact) mass is 295 g/mol. The Morgan fingerprint density at radius 3 is 2.85 bits per heavy atom. The number of thioether (sulfide) groups is 1. The minimum Gasteiger partial charge on any atom is -0.359 e. The molecule has 1 atom stereocenters. The second-order valence-electron chi connectivity index (χ2n) is 7.14. The van der Waals surface area contributed by atoms with Gasteiger partial charge < -0.3 is 10.2 Å². The third kappa shape index (κ3) is 3.33. The van der Waals surface area contributed by atoms with E-state index in [1.54, 1.807) is 0 Å². The third-order valence-electron chi connectivity index (χ3n) is 5.21. The summed E-state index contributed by atoms with van der Waals surface area (Å²) in [5.74, 6) is 2.02. The van der Waals surface area contributed by atoms with Gasteiger partial charge in [0.1, 0.15) is 0 Å². The van der Waals surface area contributed by atoms with Crippen LogP contribution in [0.2, 0.25) is 0 Å². The maximum Gasteiger partial charge on any atom is 0.157 e. The number of aliphatic imine (C=N–C) groups is 1. The van der Waals surface area contributed by atoms with Gasteiger partial charge in [0.15, 0.2) is 5.17 Å². The molecule has 0 bridgehead atoms. The standard InChI is InChI=1S/C16H29N3S/c1-13(2)19-9-6-14(11-19)10-17-15-18-16(12-20-15)7-4-3-5-8-16/h13-14H,3-12H2,1-2H3,(H,17,18). The van der Waals surface area contributed by atoms with Crippen molar-refractivity contribution in [3.05, 3.63) is 0 Å². The molecule has 0 aromatic heterocycles. The number of hydrogen-bond acceptors (Lipinski definition) is 3. The Labute approximate surface area is 128 Å². The van der Waals surface area contributed by atoms with E-state index < -0.39 is 0 Å². The third-order valence-corrected chi connectivity index (χ3v) is 6.41. The zero-order chi connectivity index (χ0) is 14.0. The van der Waals surface area contributed by atoms with Crippen molar-refractivity contribution in [2.75, 3.05) is 25.4 Å². The number of likely N-dealkylation sites (tertiary alicyclic amines) is 1. The Balaban J connectivity index is 1.48. The van der Waals surface area contributed by atoms with Crippen LogP contribution in [-0.4, -0.2) is 47.0 Å². The Hall–Kier alpha value is -0.220. The molecule has 2 saturated heterocycles. The Bertz CT molecular complexity index is 361. The first-order valence-corrected chi connectivity index (χ1v) is 9.35. The van der Waals surface area contributed by atoms with E-state index >= 15 is 0 Å². The summed E-state index contributed by atoms with van der Waals surface area (Å²) in [6, 6.07) is 0.692. The summed E-state index contributed by atoms with van der Waals surface area (Å²) < 4.78 is 0. The molecule has 20 heavy (non-hydrogen) atoms. The second-order valence-corrected chi connectivity index (χ2v) is 8.11. The molecule has 1 spiro atoms. The topological polar surface area (TPSA) is 27.6 Å². The lowest BCUT2D eigenvalue weighted by atomic mass is 9.83. The summed E-state index contributed by atoms with van der Waals surface area (Å²) in [6.07, 6.45) is 8.24. The molecule has 1 aliphatic carbocycles. The van der Waals surface area contributed by atoms with Crippen molar-refractivity contribution < 1.29 is 0 Å². The first-order valence-electron chi connectivity index (χ1n) is 8.36. The summed E-state index contributed by atoms with van der Waals surface area (Å²) in [6.45, 7) is 8.13. The van der Waals surface area contributed by atoms with Gasteiger partial charge in [0, 0.05) is 30.4 Å². The van der Waals surface area contributed by atoms with Crippen LogP contribution in [0.1, 0.15) is 52.4 Å². The zero-order valence-electron chi connectivity index (χ0n) is 13.0. The van der Waals surface area contributed by atoms with Crippen LogP contribution in [0.4, 0.5) is 0 Å². The van der Waals surface area contributed by atoms with Crippen LogP contribution in [0.3, 0.4) is 0 Å². The molecule has 1 N–H and O–H groups in total. The van der Waals surface area contributed by atoms with Crippen molar-refractivity contribution in [3.63, 3.8) is 0 Å². The highest BCUT2D eigenvalue weighted by molar-refractivity contribution is 8.14. The molecule has 0 amide bonds. The van der Waals surface area contributed by atoms with Crippen molar-refractivity contribution >= 4 is 16.9 Å². The fourth-order valence-corrected chi connectivity index (χ4v) is 5.01. The average molecular weight is 295 g/mol. The predicted octanol–water partition coefficient (Wildman–Crippen LogP) is 3.11. The average Bonchev–Trinajstić information content (AvgIpc) is 3.05. The zero-order valence-corrected chi connectivity index (χ0v) is 13.8. The highest BCUT2D eigenvalue weighted by Gasteiger charge is 2.38. The van der Waals surface area contributed by atoms with E-state index in [1.165, 1.54) is 62.5 Å². The lowest BCUT2D eigenvalue weighted by Gasteiger charge is -2.32. The van der Waals surface area contributed by atoms with Gasteiger partial charge in [-0.15, -0.1) is 0 Å². The van der Waals surface area contributed by atoms with Crippen LogP contribution >= 0.6 is 11.8 Å². The summed E-state index contributed by atoms with van der Waals surface area (Å²) in [4.78, 5) is 7.48. The van der Waals surface area contributed by atoms with E-state index in [0.29, 0.717) is 11.6 Å². The molecule has 3 nitrogen and oxygen atoms in total. The molecule has 0 aromatic rings. The van der Waals surface area contributed by atoms with Gasteiger partial charge in [0.05, 0.1) is 0 Å². The van der Waals surface area contributed by atoms with Crippen molar-refractivity contribution in [3.8, 4) is 0 Å². The van der Waals surface area contributed by atoms with Crippen LogP contribution in [0.25, 0.3) is 0 Å². The normalized spacial score (nSPS) is 32.4. The van der Waals surface area contributed by atoms with Crippen molar-refractivity contribution in [1.29, 1.82) is 0 Å². The first kappa shape index (κ1) is 14.7. The van der Waals surface area contributed by atoms with E-state index in [9.17, 15) is 0 Å². The molecule has 114 valence electrons. The Kier molecular flexibility index (Phi) is 4.61. The first-order chi connectivity index (χ1) is 9.67. The molecule has 3 rings (SSSR count). The molecule has 2 aliphatic heterocycles. The lowest BCUT2D eigenvalue weighted by Crippen LogP contribution is -2.45. The SMILES string of the molecule is CC(C)N1CCC(CN=C2NC3(CCCCC3)CS2)C1. The van der Waals surface area contributed by atoms with Gasteiger partial charge in [-0.25, -0.2) is 0 Å². The Morgan fingerprint density at radius 1 is 1.35 bits per heavy atom. The van der Waals surface area contributed by atoms with Crippen LogP contribution in [0.5, 0.6) is 0 Å². The maximum absolute atomic E-state index is 4.89. The molecule has 0 aromatic carbocycles. The maximum atomic E-state index is 4.89. The van der Waals surface area contributed by atoms with Gasteiger partial charge in [0.2, 0.25) is 0 Å². The van der Waals surface area contributed by atoms with E-state index in [4.69, 9.17) is 4.99 Å². The van der Waals surface area contributed by atoms with Crippen LogP contribution < -0.4 is 5.32 Å². The van der Waals surface area contributed by atoms with Crippen molar-refractivity contribution in [1.82, 2.24) is 10.2 Å². The molecule has 3 fully saturated rings. The number of amidine groups is 1. The van der Waals surface area contributed by atoms with Gasteiger partial charge in [-0.3, -0.25) is 4.99 Å². The quantitative estimate of drug-likeness (QED) is 0.867. The summed E-state index contributed by atoms with van der Waals surface area (Å²) >= 11 is 1.96. The number of nitrogens with one attached hydrogen (secondary N) is 1. The summed E-state index contributed by atoms with van der Waals surface area (Å²) in [5.41, 5.74) is 0.404. The van der Waals surface area contributed by atoms with Crippen molar-refractivity contribution in [2.45, 2.75) is 64.0 Å². The molecule has 0 radical (unpaired) electrons. The molecule has 4 heteroatoms. The van der Waals surface area contributed by atoms with E-state index in [0.717, 1.165) is 12.5 Å². The van der Waals surface area contributed by atoms with Gasteiger partial charge >= 0.3 is 0 Å². The molecular formula is C16H29N3S. The van der Waals surface area contributed by atoms with Gasteiger partial charge in [-0.05, 0) is 45.6 Å². The van der Waals surface area contributed by atoms with Crippen LogP contribution in [-0.2, 0) is 0 Å². The van der Waals surface area contributed by atoms with E-state index in [-0.39, 0.29) is 0 Å². The van der Waals surface area contributed by atoms with Crippen molar-refractivity contribution in [2.24, 2.45) is 10.9 Å². The number of rotatable bonds is 3.